The number of ether oxygens (including phenoxy) is 2. The van der Waals surface area contributed by atoms with Gasteiger partial charge in [0, 0.05) is 110 Å². The van der Waals surface area contributed by atoms with Gasteiger partial charge < -0.3 is 55.9 Å². The highest BCUT2D eigenvalue weighted by atomic mass is 19.3. The predicted molar refractivity (Wildman–Crippen MR) is 355 cm³/mol. The molecule has 532 valence electrons. The maximum Gasteiger partial charge on any atom is 0.317 e. The number of amidine groups is 1. The van der Waals surface area contributed by atoms with E-state index in [4.69, 9.17) is 9.47 Å². The number of carboxylic acids is 3. The number of fused-ring (bicyclic) bond motifs is 1. The predicted octanol–water partition coefficient (Wildman–Crippen LogP) is 2.73. The highest BCUT2D eigenvalue weighted by Gasteiger charge is 2.46. The van der Waals surface area contributed by atoms with E-state index in [9.17, 15) is 72.0 Å². The zero-order chi connectivity index (χ0) is 70.4. The summed E-state index contributed by atoms with van der Waals surface area (Å²) < 4.78 is 39.4. The molecule has 6 amide bonds. The van der Waals surface area contributed by atoms with Crippen molar-refractivity contribution in [2.75, 3.05) is 132 Å². The number of carbonyl (C=O) groups excluding carboxylic acids is 7. The monoisotopic (exact) mass is 1360 g/mol. The fourth-order valence-electron chi connectivity index (χ4n) is 12.0. The molecule has 3 aliphatic rings. The molecule has 0 spiro atoms. The van der Waals surface area contributed by atoms with Gasteiger partial charge >= 0.3 is 23.9 Å². The van der Waals surface area contributed by atoms with Crippen molar-refractivity contribution in [1.29, 1.82) is 0 Å². The number of rotatable bonds is 33. The smallest absolute Gasteiger partial charge is 0.317 e. The van der Waals surface area contributed by atoms with Crippen LogP contribution >= 0.6 is 0 Å². The van der Waals surface area contributed by atoms with Gasteiger partial charge in [0.25, 0.3) is 11.8 Å². The molecule has 0 unspecified atom stereocenters. The van der Waals surface area contributed by atoms with E-state index in [2.05, 4.69) is 36.2 Å². The number of hydrogen-bond acceptors (Lipinski definition) is 19. The molecule has 3 aromatic rings. The van der Waals surface area contributed by atoms with E-state index in [1.54, 1.807) is 49.6 Å². The first-order valence-electron chi connectivity index (χ1n) is 33.1. The Hall–Kier alpha value is -8.61. The Morgan fingerprint density at radius 3 is 1.96 bits per heavy atom. The zero-order valence-corrected chi connectivity index (χ0v) is 56.0. The Morgan fingerprint density at radius 2 is 1.36 bits per heavy atom. The fraction of sp³-hybridized carbons (Fsp3) is 0.597. The number of carboxylic acid groups (broad SMARTS) is 3. The third-order valence-corrected chi connectivity index (χ3v) is 17.3. The summed E-state index contributed by atoms with van der Waals surface area (Å²) in [5, 5.41) is 40.5. The topological polar surface area (TPSA) is 355 Å². The molecule has 0 bridgehead atoms. The van der Waals surface area contributed by atoms with Gasteiger partial charge in [-0.05, 0) is 107 Å². The molecule has 28 nitrogen and oxygen atoms in total. The summed E-state index contributed by atoms with van der Waals surface area (Å²) in [5.41, 5.74) is 3.01. The number of aromatic nitrogens is 1. The molecule has 97 heavy (non-hydrogen) atoms. The summed E-state index contributed by atoms with van der Waals surface area (Å²) in [6.07, 6.45) is 7.77. The summed E-state index contributed by atoms with van der Waals surface area (Å²) in [6, 6.07) is 11.3. The summed E-state index contributed by atoms with van der Waals surface area (Å²) >= 11 is 0. The van der Waals surface area contributed by atoms with Gasteiger partial charge in [0.2, 0.25) is 29.5 Å². The number of benzene rings is 2. The molecule has 2 aromatic carbocycles. The number of halogens is 2. The van der Waals surface area contributed by atoms with Gasteiger partial charge in [-0.15, -0.1) is 0 Å². The summed E-state index contributed by atoms with van der Waals surface area (Å²) in [5.74, 6) is -9.30. The first kappa shape index (κ1) is 77.4. The number of alkyl halides is 2. The minimum atomic E-state index is -3.07. The molecule has 7 N–H and O–H groups in total. The highest BCUT2D eigenvalue weighted by Crippen LogP contribution is 2.32. The minimum absolute atomic E-state index is 0.0640. The average molecular weight is 1360 g/mol. The molecule has 4 heterocycles. The lowest BCUT2D eigenvalue weighted by Crippen LogP contribution is -2.56. The molecule has 3 saturated heterocycles. The quantitative estimate of drug-likeness (QED) is 0.0199. The van der Waals surface area contributed by atoms with E-state index in [-0.39, 0.29) is 109 Å². The lowest BCUT2D eigenvalue weighted by molar-refractivity contribution is -0.147. The highest BCUT2D eigenvalue weighted by molar-refractivity contribution is 6.07. The van der Waals surface area contributed by atoms with E-state index in [1.807, 2.05) is 31.2 Å². The number of carbonyl (C=O) groups is 10. The Bertz CT molecular complexity index is 3190. The van der Waals surface area contributed by atoms with Crippen molar-refractivity contribution in [3.8, 4) is 5.75 Å². The number of aliphatic imine (C=N–C) groups is 2. The second-order valence-electron chi connectivity index (χ2n) is 25.0. The SMILES string of the molecule is C/N=C/[C@H]1CC(F)(F)CN1C(=O)CNC(=O)c1ccnc2ccc(OCCCCC3CCN(C(=O)[C@H](CC(=O)OC)NC(=O)[C@H](CCCC/N=C(\C)NC(=O)CCCc4ccc(C)cc4)NC(=O)CN4CCN(CC(=O)O)CCN(CC(=O)O)CCN(CC(=O)O)CC4)CC3)cc12. The van der Waals surface area contributed by atoms with Crippen molar-refractivity contribution < 1.29 is 81.5 Å². The first-order valence-corrected chi connectivity index (χ1v) is 33.1. The van der Waals surface area contributed by atoms with Gasteiger partial charge in [0.15, 0.2) is 0 Å². The largest absolute Gasteiger partial charge is 0.494 e. The maximum atomic E-state index is 14.5. The van der Waals surface area contributed by atoms with Crippen molar-refractivity contribution in [3.63, 3.8) is 0 Å². The molecule has 6 rings (SSSR count). The van der Waals surface area contributed by atoms with Gasteiger partial charge in [-0.2, -0.15) is 0 Å². The van der Waals surface area contributed by atoms with Crippen LogP contribution in [0.25, 0.3) is 10.9 Å². The van der Waals surface area contributed by atoms with Crippen molar-refractivity contribution >= 4 is 82.3 Å². The molecule has 0 saturated carbocycles. The number of amides is 6. The van der Waals surface area contributed by atoms with Gasteiger partial charge in [0.1, 0.15) is 17.8 Å². The van der Waals surface area contributed by atoms with Crippen LogP contribution in [-0.2, 0) is 54.3 Å². The minimum Gasteiger partial charge on any atom is -0.494 e. The van der Waals surface area contributed by atoms with Crippen LogP contribution in [0.4, 0.5) is 8.78 Å². The first-order chi connectivity index (χ1) is 46.4. The molecule has 30 heteroatoms. The van der Waals surface area contributed by atoms with Gasteiger partial charge in [-0.25, -0.2) is 8.78 Å². The van der Waals surface area contributed by atoms with Crippen molar-refractivity contribution in [3.05, 3.63) is 71.4 Å². The number of piperidine rings is 1. The van der Waals surface area contributed by atoms with Crippen LogP contribution in [0.3, 0.4) is 0 Å². The van der Waals surface area contributed by atoms with Gasteiger partial charge in [0.05, 0.1) is 82.4 Å². The second-order valence-corrected chi connectivity index (χ2v) is 25.0. The summed E-state index contributed by atoms with van der Waals surface area (Å²) in [6.45, 7) is 3.56. The van der Waals surface area contributed by atoms with E-state index in [1.165, 1.54) is 25.5 Å². The number of aryl methyl sites for hydroxylation is 2. The lowest BCUT2D eigenvalue weighted by Gasteiger charge is -2.35. The van der Waals surface area contributed by atoms with Crippen molar-refractivity contribution in [1.82, 2.24) is 55.7 Å². The number of likely N-dealkylation sites (tertiary alicyclic amines) is 2. The van der Waals surface area contributed by atoms with Crippen LogP contribution in [-0.4, -0.2) is 277 Å². The van der Waals surface area contributed by atoms with Crippen LogP contribution in [0, 0.1) is 12.8 Å². The van der Waals surface area contributed by atoms with Crippen LogP contribution in [0.5, 0.6) is 5.75 Å². The fourth-order valence-corrected chi connectivity index (χ4v) is 12.0. The Labute approximate surface area is 563 Å². The van der Waals surface area contributed by atoms with Crippen LogP contribution in [0.15, 0.2) is 64.7 Å². The normalized spacial score (nSPS) is 17.9. The van der Waals surface area contributed by atoms with Crippen LogP contribution in [0.2, 0.25) is 0 Å². The number of methoxy groups -OCH3 is 1. The Balaban J connectivity index is 1.05. The van der Waals surface area contributed by atoms with E-state index in [0.29, 0.717) is 87.1 Å². The molecule has 0 aliphatic carbocycles. The van der Waals surface area contributed by atoms with E-state index >= 15 is 0 Å². The number of hydrogen-bond donors (Lipinski definition) is 7. The molecular weight excluding hydrogens is 1260 g/mol. The average Bonchev–Trinajstić information content (AvgIpc) is 1.79. The Morgan fingerprint density at radius 1 is 0.742 bits per heavy atom. The van der Waals surface area contributed by atoms with Crippen LogP contribution < -0.4 is 26.0 Å². The van der Waals surface area contributed by atoms with Crippen molar-refractivity contribution in [2.24, 2.45) is 15.9 Å². The number of unbranched alkanes of at least 4 members (excludes halogenated alkanes) is 2. The van der Waals surface area contributed by atoms with E-state index < -0.39 is 103 Å². The van der Waals surface area contributed by atoms with Gasteiger partial charge in [-0.3, -0.25) is 82.5 Å². The number of pyridine rings is 1. The molecule has 1 aromatic heterocycles. The number of aliphatic carboxylic acids is 3. The third kappa shape index (κ3) is 27.4. The van der Waals surface area contributed by atoms with Crippen LogP contribution in [0.1, 0.15) is 105 Å². The third-order valence-electron chi connectivity index (χ3n) is 17.3. The van der Waals surface area contributed by atoms with Gasteiger partial charge in [-0.1, -0.05) is 36.2 Å². The van der Waals surface area contributed by atoms with Crippen molar-refractivity contribution in [2.45, 2.75) is 121 Å². The van der Waals surface area contributed by atoms with E-state index in [0.717, 1.165) is 42.4 Å². The molecular formula is C67H95F2N13O15. The summed E-state index contributed by atoms with van der Waals surface area (Å²) in [4.78, 5) is 153. The molecule has 0 radical (unpaired) electrons. The number of nitrogens with one attached hydrogen (secondary N) is 4. The maximum absolute atomic E-state index is 14.5. The summed E-state index contributed by atoms with van der Waals surface area (Å²) in [7, 11) is 2.60. The lowest BCUT2D eigenvalue weighted by atomic mass is 9.91. The zero-order valence-electron chi connectivity index (χ0n) is 56.0. The number of esters is 1. The number of nitrogens with zero attached hydrogens (tertiary/aromatic N) is 9. The standard InChI is InChI=1S/C67H95F2N13O15/c1-46-14-16-48(17-15-46)11-9-13-57(83)74-47(2)71-23-7-5-12-55(75-58(84)41-77-27-29-78(42-60(86)87)31-33-80(44-62(90)91)34-32-79(30-28-77)43-61(88)89)65(94)76-56(37-63(92)96-4)66(95)81-25-21-49(22-26-81)10-6-8-35-97-51-18-19-54-53(36-51)52(20-24-72-54)64(93)73-40-59(85)82-45-67(68,69)38-50(82)39-70-3/h14-20,24,36,39,49-50,55-56H,5-13,21-23,25-35,37-38,40-45H2,1-4H3,(H,73,93)(H,75,84)(H,76,94)(H,86,87)(H,88,89)(H,90,91)(H,71,74,83)/b70-39+/t50-,55+,56+/m1/s1. The molecule has 3 atom stereocenters. The molecule has 3 aliphatic heterocycles. The molecule has 3 fully saturated rings. The Kier molecular flexibility index (Phi) is 31.6. The second kappa shape index (κ2) is 39.6.